The first-order valence-electron chi connectivity index (χ1n) is 6.39. The van der Waals surface area contributed by atoms with Crippen molar-refractivity contribution in [1.29, 1.82) is 0 Å². The molecule has 6 nitrogen and oxygen atoms in total. The van der Waals surface area contributed by atoms with Gasteiger partial charge in [-0.3, -0.25) is 0 Å². The molecule has 0 bridgehead atoms. The summed E-state index contributed by atoms with van der Waals surface area (Å²) in [6.45, 7) is 1.95. The van der Waals surface area contributed by atoms with Crippen LogP contribution < -0.4 is 10.5 Å². The molecular formula is C13H18ClN5O. The standard InChI is InChI=1S/C13H17N5O.ClH/c1-19-9-4-5-10-11(8-9)16-13(15-10)17-12(14)18-6-2-3-7-18;/h4-5,8H,2-3,6-7H2,1H3,(H3,14,15,16,17);1H. The van der Waals surface area contributed by atoms with E-state index in [4.69, 9.17) is 10.5 Å². The highest BCUT2D eigenvalue weighted by molar-refractivity contribution is 5.85. The summed E-state index contributed by atoms with van der Waals surface area (Å²) in [6, 6.07) is 5.67. The van der Waals surface area contributed by atoms with Gasteiger partial charge in [0.2, 0.25) is 5.95 Å². The van der Waals surface area contributed by atoms with E-state index in [1.807, 2.05) is 18.2 Å². The fourth-order valence-electron chi connectivity index (χ4n) is 2.28. The molecule has 108 valence electrons. The van der Waals surface area contributed by atoms with Crippen LogP contribution in [0.15, 0.2) is 23.2 Å². The van der Waals surface area contributed by atoms with Crippen LogP contribution in [0.5, 0.6) is 5.75 Å². The molecule has 0 atom stereocenters. The van der Waals surface area contributed by atoms with E-state index in [0.29, 0.717) is 11.9 Å². The van der Waals surface area contributed by atoms with E-state index >= 15 is 0 Å². The molecular weight excluding hydrogens is 278 g/mol. The Bertz CT molecular complexity index is 618. The first kappa shape index (κ1) is 14.5. The van der Waals surface area contributed by atoms with E-state index in [1.165, 1.54) is 12.8 Å². The molecule has 1 aliphatic heterocycles. The molecule has 1 aromatic heterocycles. The highest BCUT2D eigenvalue weighted by atomic mass is 35.5. The minimum Gasteiger partial charge on any atom is -0.497 e. The monoisotopic (exact) mass is 295 g/mol. The first-order valence-corrected chi connectivity index (χ1v) is 6.39. The van der Waals surface area contributed by atoms with Crippen molar-refractivity contribution in [1.82, 2.24) is 14.9 Å². The van der Waals surface area contributed by atoms with Gasteiger partial charge >= 0.3 is 0 Å². The smallest absolute Gasteiger partial charge is 0.231 e. The van der Waals surface area contributed by atoms with Crippen molar-refractivity contribution >= 4 is 35.3 Å². The number of likely N-dealkylation sites (tertiary alicyclic amines) is 1. The van der Waals surface area contributed by atoms with Gasteiger partial charge < -0.3 is 20.4 Å². The number of aromatic nitrogens is 2. The average molecular weight is 296 g/mol. The lowest BCUT2D eigenvalue weighted by Gasteiger charge is -2.14. The van der Waals surface area contributed by atoms with E-state index in [1.54, 1.807) is 7.11 Å². The van der Waals surface area contributed by atoms with Crippen molar-refractivity contribution in [3.05, 3.63) is 18.2 Å². The number of H-pyrrole nitrogens is 1. The first-order chi connectivity index (χ1) is 9.26. The molecule has 3 rings (SSSR count). The Morgan fingerprint density at radius 3 is 2.85 bits per heavy atom. The lowest BCUT2D eigenvalue weighted by molar-refractivity contribution is 0.415. The normalized spacial score (nSPS) is 15.4. The van der Waals surface area contributed by atoms with Gasteiger partial charge in [-0.05, 0) is 25.0 Å². The number of nitrogens with two attached hydrogens (primary N) is 1. The van der Waals surface area contributed by atoms with Crippen molar-refractivity contribution in [2.75, 3.05) is 20.2 Å². The Morgan fingerprint density at radius 1 is 1.40 bits per heavy atom. The number of methoxy groups -OCH3 is 1. The Labute approximate surface area is 123 Å². The molecule has 3 N–H and O–H groups in total. The lowest BCUT2D eigenvalue weighted by atomic mass is 10.3. The molecule has 0 spiro atoms. The van der Waals surface area contributed by atoms with Crippen LogP contribution in [0.1, 0.15) is 12.8 Å². The van der Waals surface area contributed by atoms with Crippen LogP contribution >= 0.6 is 12.4 Å². The van der Waals surface area contributed by atoms with Gasteiger partial charge in [0.15, 0.2) is 5.96 Å². The van der Waals surface area contributed by atoms with Gasteiger partial charge in [0.05, 0.1) is 18.1 Å². The SMILES string of the molecule is COc1ccc2nc(N=C(N)N3CCCC3)[nH]c2c1.Cl. The van der Waals surface area contributed by atoms with E-state index in [0.717, 1.165) is 29.9 Å². The topological polar surface area (TPSA) is 79.5 Å². The summed E-state index contributed by atoms with van der Waals surface area (Å²) in [6.07, 6.45) is 2.35. The maximum absolute atomic E-state index is 5.98. The van der Waals surface area contributed by atoms with Crippen molar-refractivity contribution in [3.8, 4) is 5.75 Å². The number of nitrogens with one attached hydrogen (secondary N) is 1. The molecule has 0 amide bonds. The van der Waals surface area contributed by atoms with Gasteiger partial charge in [-0.25, -0.2) is 4.98 Å². The summed E-state index contributed by atoms with van der Waals surface area (Å²) in [7, 11) is 1.64. The summed E-state index contributed by atoms with van der Waals surface area (Å²) in [5.41, 5.74) is 7.73. The second kappa shape index (κ2) is 6.00. The van der Waals surface area contributed by atoms with Crippen molar-refractivity contribution in [2.24, 2.45) is 10.7 Å². The number of rotatable bonds is 2. The van der Waals surface area contributed by atoms with E-state index in [9.17, 15) is 0 Å². The van der Waals surface area contributed by atoms with E-state index in [-0.39, 0.29) is 12.4 Å². The summed E-state index contributed by atoms with van der Waals surface area (Å²) in [4.78, 5) is 14.0. The second-order valence-corrected chi connectivity index (χ2v) is 4.61. The molecule has 0 saturated carbocycles. The van der Waals surface area contributed by atoms with Crippen LogP contribution in [0.4, 0.5) is 5.95 Å². The number of halogens is 1. The van der Waals surface area contributed by atoms with Gasteiger partial charge in [0.1, 0.15) is 5.75 Å². The predicted molar refractivity (Wildman–Crippen MR) is 82.0 cm³/mol. The molecule has 0 unspecified atom stereocenters. The third kappa shape index (κ3) is 2.80. The molecule has 1 saturated heterocycles. The largest absolute Gasteiger partial charge is 0.497 e. The minimum atomic E-state index is 0. The zero-order valence-corrected chi connectivity index (χ0v) is 12.1. The maximum Gasteiger partial charge on any atom is 0.231 e. The Kier molecular flexibility index (Phi) is 4.34. The average Bonchev–Trinajstić information content (AvgIpc) is 3.06. The minimum absolute atomic E-state index is 0. The van der Waals surface area contributed by atoms with Crippen LogP contribution in [-0.2, 0) is 0 Å². The number of nitrogens with zero attached hydrogens (tertiary/aromatic N) is 3. The number of aliphatic imine (C=N–C) groups is 1. The van der Waals surface area contributed by atoms with Crippen LogP contribution in [0, 0.1) is 0 Å². The number of fused-ring (bicyclic) bond motifs is 1. The highest BCUT2D eigenvalue weighted by Crippen LogP contribution is 2.21. The van der Waals surface area contributed by atoms with Gasteiger partial charge in [-0.2, -0.15) is 4.99 Å². The molecule has 2 heterocycles. The van der Waals surface area contributed by atoms with E-state index in [2.05, 4.69) is 19.9 Å². The molecule has 1 aromatic carbocycles. The molecule has 20 heavy (non-hydrogen) atoms. The number of benzene rings is 1. The molecule has 1 aliphatic rings. The summed E-state index contributed by atoms with van der Waals surface area (Å²) in [5.74, 6) is 1.86. The van der Waals surface area contributed by atoms with Gasteiger partial charge in [-0.15, -0.1) is 12.4 Å². The predicted octanol–water partition coefficient (Wildman–Crippen LogP) is 2.04. The van der Waals surface area contributed by atoms with Gasteiger partial charge in [0, 0.05) is 19.2 Å². The summed E-state index contributed by atoms with van der Waals surface area (Å²) < 4.78 is 5.18. The number of hydrogen-bond donors (Lipinski definition) is 2. The lowest BCUT2D eigenvalue weighted by Crippen LogP contribution is -2.34. The number of ether oxygens (including phenoxy) is 1. The number of hydrogen-bond acceptors (Lipinski definition) is 3. The van der Waals surface area contributed by atoms with E-state index < -0.39 is 0 Å². The van der Waals surface area contributed by atoms with Crippen LogP contribution in [-0.4, -0.2) is 41.0 Å². The van der Waals surface area contributed by atoms with Crippen LogP contribution in [0.25, 0.3) is 11.0 Å². The second-order valence-electron chi connectivity index (χ2n) is 4.61. The van der Waals surface area contributed by atoms with Crippen molar-refractivity contribution in [3.63, 3.8) is 0 Å². The van der Waals surface area contributed by atoms with Crippen LogP contribution in [0.3, 0.4) is 0 Å². The molecule has 1 fully saturated rings. The zero-order chi connectivity index (χ0) is 13.2. The third-order valence-corrected chi connectivity index (χ3v) is 3.33. The fraction of sp³-hybridized carbons (Fsp3) is 0.385. The third-order valence-electron chi connectivity index (χ3n) is 3.33. The van der Waals surface area contributed by atoms with Crippen LogP contribution in [0.2, 0.25) is 0 Å². The zero-order valence-electron chi connectivity index (χ0n) is 11.3. The number of imidazole rings is 1. The molecule has 7 heteroatoms. The van der Waals surface area contributed by atoms with Gasteiger partial charge in [-0.1, -0.05) is 0 Å². The Balaban J connectivity index is 0.00000147. The Morgan fingerprint density at radius 2 is 2.15 bits per heavy atom. The molecule has 0 aliphatic carbocycles. The summed E-state index contributed by atoms with van der Waals surface area (Å²) >= 11 is 0. The fourth-order valence-corrected chi connectivity index (χ4v) is 2.28. The van der Waals surface area contributed by atoms with Gasteiger partial charge in [0.25, 0.3) is 0 Å². The summed E-state index contributed by atoms with van der Waals surface area (Å²) in [5, 5.41) is 0. The molecule has 0 radical (unpaired) electrons. The Hall–Kier alpha value is -1.95. The highest BCUT2D eigenvalue weighted by Gasteiger charge is 2.14. The quantitative estimate of drug-likeness (QED) is 0.656. The number of aromatic amines is 1. The number of guanidine groups is 1. The van der Waals surface area contributed by atoms with Crippen molar-refractivity contribution in [2.45, 2.75) is 12.8 Å². The maximum atomic E-state index is 5.98. The van der Waals surface area contributed by atoms with Crippen molar-refractivity contribution < 1.29 is 4.74 Å². The molecule has 2 aromatic rings.